The Morgan fingerprint density at radius 2 is 1.29 bits per heavy atom. The highest BCUT2D eigenvalue weighted by molar-refractivity contribution is 5.97. The molecule has 326 valence electrons. The third-order valence-electron chi connectivity index (χ3n) is 8.33. The zero-order valence-corrected chi connectivity index (χ0v) is 31.8. The van der Waals surface area contributed by atoms with Crippen molar-refractivity contribution in [2.45, 2.75) is 81.6 Å². The molecule has 1 aliphatic heterocycles. The number of nitrogens with one attached hydrogen (secondary N) is 7. The molecule has 18 N–H and O–H groups in total. The number of carbonyl (C=O) groups excluding carboxylic acids is 8. The Morgan fingerprint density at radius 3 is 1.88 bits per heavy atom. The fourth-order valence-corrected chi connectivity index (χ4v) is 5.41. The van der Waals surface area contributed by atoms with E-state index in [9.17, 15) is 63.3 Å². The first-order chi connectivity index (χ1) is 27.4. The van der Waals surface area contributed by atoms with Gasteiger partial charge >= 0.3 is 11.9 Å². The normalized spacial score (nSPS) is 15.3. The number of aliphatic carboxylic acids is 2. The van der Waals surface area contributed by atoms with Gasteiger partial charge in [0.05, 0.1) is 39.2 Å². The van der Waals surface area contributed by atoms with Gasteiger partial charge in [-0.1, -0.05) is 0 Å². The number of likely N-dealkylation sites (tertiary alicyclic amines) is 1. The van der Waals surface area contributed by atoms with Crippen LogP contribution in [0.3, 0.4) is 0 Å². The second kappa shape index (κ2) is 26.7. The number of guanidine groups is 1. The Hall–Kier alpha value is -6.15. The minimum atomic E-state index is -1.83. The molecule has 1 aliphatic rings. The van der Waals surface area contributed by atoms with Crippen molar-refractivity contribution < 1.29 is 63.3 Å². The van der Waals surface area contributed by atoms with Gasteiger partial charge in [-0.05, 0) is 51.5 Å². The van der Waals surface area contributed by atoms with Crippen LogP contribution in [0.1, 0.15) is 51.4 Å². The number of hydrogen-bond acceptors (Lipinski definition) is 14. The second-order valence-corrected chi connectivity index (χ2v) is 12.9. The first-order valence-corrected chi connectivity index (χ1v) is 18.3. The van der Waals surface area contributed by atoms with Crippen molar-refractivity contribution in [3.8, 4) is 0 Å². The van der Waals surface area contributed by atoms with Crippen molar-refractivity contribution in [3.05, 3.63) is 0 Å². The van der Waals surface area contributed by atoms with E-state index in [1.54, 1.807) is 0 Å². The summed E-state index contributed by atoms with van der Waals surface area (Å²) in [7, 11) is 0. The van der Waals surface area contributed by atoms with Crippen LogP contribution in [-0.2, 0) is 47.9 Å². The van der Waals surface area contributed by atoms with Gasteiger partial charge in [-0.2, -0.15) is 0 Å². The fraction of sp³-hybridized carbons (Fsp3) is 0.656. The van der Waals surface area contributed by atoms with Gasteiger partial charge < -0.3 is 80.4 Å². The molecule has 58 heavy (non-hydrogen) atoms. The summed E-state index contributed by atoms with van der Waals surface area (Å²) in [5.74, 6) is -10.1. The fourth-order valence-electron chi connectivity index (χ4n) is 5.41. The van der Waals surface area contributed by atoms with Crippen molar-refractivity contribution >= 4 is 65.2 Å². The third-order valence-corrected chi connectivity index (χ3v) is 8.33. The predicted octanol–water partition coefficient (Wildman–Crippen LogP) is -8.04. The number of nitrogens with two attached hydrogens (primary N) is 4. The lowest BCUT2D eigenvalue weighted by atomic mass is 10.1. The lowest BCUT2D eigenvalue weighted by molar-refractivity contribution is -0.145. The number of carboxylic acid groups (broad SMARTS) is 2. The number of amides is 8. The maximum absolute atomic E-state index is 13.4. The molecule has 1 rings (SSSR count). The Kier molecular flexibility index (Phi) is 22.9. The van der Waals surface area contributed by atoms with E-state index in [1.165, 1.54) is 0 Å². The van der Waals surface area contributed by atoms with E-state index < -0.39 is 122 Å². The summed E-state index contributed by atoms with van der Waals surface area (Å²) in [6.07, 6.45) is 0.611. The lowest BCUT2D eigenvalue weighted by Gasteiger charge is -2.29. The molecule has 0 spiro atoms. The van der Waals surface area contributed by atoms with E-state index in [0.717, 1.165) is 4.90 Å². The van der Waals surface area contributed by atoms with Crippen LogP contribution in [0.5, 0.6) is 0 Å². The molecule has 8 amide bonds. The van der Waals surface area contributed by atoms with E-state index in [-0.39, 0.29) is 51.3 Å². The Bertz CT molecular complexity index is 1510. The molecule has 0 bridgehead atoms. The molecule has 0 saturated carbocycles. The van der Waals surface area contributed by atoms with E-state index in [0.29, 0.717) is 25.8 Å². The number of rotatable bonds is 27. The molecular weight excluding hydrogens is 774 g/mol. The van der Waals surface area contributed by atoms with Crippen LogP contribution >= 0.6 is 0 Å². The number of unbranched alkanes of at least 4 members (excludes halogenated alkanes) is 1. The Labute approximate surface area is 332 Å². The molecule has 0 aromatic carbocycles. The van der Waals surface area contributed by atoms with Crippen molar-refractivity contribution in [1.29, 1.82) is 0 Å². The summed E-state index contributed by atoms with van der Waals surface area (Å²) in [6.45, 7) is -2.88. The van der Waals surface area contributed by atoms with Gasteiger partial charge in [-0.3, -0.25) is 48.1 Å². The largest absolute Gasteiger partial charge is 0.481 e. The highest BCUT2D eigenvalue weighted by Gasteiger charge is 2.39. The number of aliphatic hydroxyl groups excluding tert-OH is 1. The molecule has 5 unspecified atom stereocenters. The van der Waals surface area contributed by atoms with E-state index >= 15 is 0 Å². The van der Waals surface area contributed by atoms with Crippen LogP contribution in [-0.4, -0.2) is 168 Å². The van der Waals surface area contributed by atoms with E-state index in [1.807, 2.05) is 0 Å². The zero-order chi connectivity index (χ0) is 43.8. The smallest absolute Gasteiger partial charge is 0.326 e. The van der Waals surface area contributed by atoms with Crippen LogP contribution in [0.25, 0.3) is 0 Å². The van der Waals surface area contributed by atoms with Gasteiger partial charge in [0.25, 0.3) is 0 Å². The van der Waals surface area contributed by atoms with Gasteiger partial charge in [0, 0.05) is 13.1 Å². The minimum Gasteiger partial charge on any atom is -0.481 e. The summed E-state index contributed by atoms with van der Waals surface area (Å²) in [5, 5.41) is 44.7. The molecular formula is C32H55N13O13. The number of aliphatic hydroxyl groups is 1. The number of carboxylic acids is 2. The van der Waals surface area contributed by atoms with Crippen molar-refractivity contribution in [1.82, 2.24) is 42.1 Å². The van der Waals surface area contributed by atoms with Crippen LogP contribution in [0.15, 0.2) is 4.99 Å². The Morgan fingerprint density at radius 1 is 0.690 bits per heavy atom. The predicted molar refractivity (Wildman–Crippen MR) is 200 cm³/mol. The number of aliphatic imine (C=N–C) groups is 1. The zero-order valence-electron chi connectivity index (χ0n) is 31.8. The summed E-state index contributed by atoms with van der Waals surface area (Å²) in [6, 6.07) is -7.23. The van der Waals surface area contributed by atoms with Crippen molar-refractivity contribution in [2.75, 3.05) is 52.4 Å². The first kappa shape index (κ1) is 49.9. The summed E-state index contributed by atoms with van der Waals surface area (Å²) in [4.78, 5) is 129. The average molecular weight is 830 g/mol. The highest BCUT2D eigenvalue weighted by Crippen LogP contribution is 2.19. The van der Waals surface area contributed by atoms with E-state index in [2.05, 4.69) is 42.2 Å². The van der Waals surface area contributed by atoms with Crippen LogP contribution in [0.4, 0.5) is 0 Å². The van der Waals surface area contributed by atoms with Crippen LogP contribution in [0.2, 0.25) is 0 Å². The molecule has 0 aromatic rings. The molecule has 0 aromatic heterocycles. The topological polar surface area (TPSA) is 435 Å². The quantitative estimate of drug-likeness (QED) is 0.0208. The molecule has 0 radical (unpaired) electrons. The van der Waals surface area contributed by atoms with Gasteiger partial charge in [-0.15, -0.1) is 0 Å². The molecule has 1 fully saturated rings. The maximum atomic E-state index is 13.4. The van der Waals surface area contributed by atoms with Gasteiger partial charge in [-0.25, -0.2) is 4.79 Å². The highest BCUT2D eigenvalue weighted by atomic mass is 16.4. The summed E-state index contributed by atoms with van der Waals surface area (Å²) >= 11 is 0. The molecule has 0 aliphatic carbocycles. The monoisotopic (exact) mass is 829 g/mol. The first-order valence-electron chi connectivity index (χ1n) is 18.3. The maximum Gasteiger partial charge on any atom is 0.326 e. The van der Waals surface area contributed by atoms with Crippen molar-refractivity contribution in [3.63, 3.8) is 0 Å². The van der Waals surface area contributed by atoms with Gasteiger partial charge in [0.1, 0.15) is 30.2 Å². The molecule has 1 saturated heterocycles. The van der Waals surface area contributed by atoms with Crippen molar-refractivity contribution in [2.24, 2.45) is 27.9 Å². The standard InChI is InChI=1S/C32H55N13O13/c33-8-2-1-5-18(31(57)58)43-29(55)21-7-4-10-45(21)30(56)20(16-46)44-28(54)19(11-26(51)52)42-25(50)15-40-27(53)17(6-3-9-37-32(35)36)41-24(49)14-39-23(48)13-38-22(47)12-34/h17-21,46H,1-16,33-34H2,(H,38,47)(H,39,48)(H,40,53)(H,41,49)(H,42,50)(H,43,55)(H,44,54)(H,51,52)(H,57,58)(H4,35,36,37). The molecule has 26 heteroatoms. The summed E-state index contributed by atoms with van der Waals surface area (Å²) in [5.41, 5.74) is 21.2. The molecule has 1 heterocycles. The second-order valence-electron chi connectivity index (χ2n) is 12.9. The number of nitrogens with zero attached hydrogens (tertiary/aromatic N) is 2. The number of hydrogen-bond donors (Lipinski definition) is 14. The average Bonchev–Trinajstić information content (AvgIpc) is 3.67. The lowest BCUT2D eigenvalue weighted by Crippen LogP contribution is -2.59. The Balaban J connectivity index is 2.94. The third kappa shape index (κ3) is 19.1. The summed E-state index contributed by atoms with van der Waals surface area (Å²) < 4.78 is 0. The molecule has 5 atom stereocenters. The minimum absolute atomic E-state index is 0.0163. The SMILES string of the molecule is NCCCCC(NC(=O)C1CCCN1C(=O)C(CO)NC(=O)C(CC(=O)O)NC(=O)CNC(=O)C(CCCN=C(N)N)NC(=O)CNC(=O)CNC(=O)CN)C(=O)O. The molecule has 26 nitrogen and oxygen atoms in total. The van der Waals surface area contributed by atoms with Gasteiger partial charge in [0.15, 0.2) is 5.96 Å². The van der Waals surface area contributed by atoms with Crippen LogP contribution in [0, 0.1) is 0 Å². The number of carbonyl (C=O) groups is 10. The van der Waals surface area contributed by atoms with Gasteiger partial charge in [0.2, 0.25) is 47.3 Å². The van der Waals surface area contributed by atoms with Crippen LogP contribution < -0.4 is 60.2 Å². The van der Waals surface area contributed by atoms with E-state index in [4.69, 9.17) is 22.9 Å².